The van der Waals surface area contributed by atoms with Gasteiger partial charge in [0.05, 0.1) is 18.4 Å². The highest BCUT2D eigenvalue weighted by molar-refractivity contribution is 7.99. The van der Waals surface area contributed by atoms with Gasteiger partial charge in [0.25, 0.3) is 0 Å². The van der Waals surface area contributed by atoms with Crippen LogP contribution in [-0.2, 0) is 28.9 Å². The average molecular weight is 563 g/mol. The molecule has 198 valence electrons. The van der Waals surface area contributed by atoms with Gasteiger partial charge in [0.2, 0.25) is 5.91 Å². The number of thioether (sulfide) groups is 1. The fourth-order valence-corrected chi connectivity index (χ4v) is 6.76. The van der Waals surface area contributed by atoms with Crippen LogP contribution in [0.1, 0.15) is 71.4 Å². The summed E-state index contributed by atoms with van der Waals surface area (Å²) < 4.78 is 13.1. The van der Waals surface area contributed by atoms with Gasteiger partial charge >= 0.3 is 5.97 Å². The Morgan fingerprint density at radius 3 is 2.76 bits per heavy atom. The summed E-state index contributed by atoms with van der Waals surface area (Å²) in [6.07, 6.45) is 4.67. The number of halogens is 1. The molecule has 11 heteroatoms. The first-order valence-corrected chi connectivity index (χ1v) is 14.5. The third kappa shape index (κ3) is 6.30. The number of benzene rings is 1. The topological polar surface area (TPSA) is 95.3 Å². The van der Waals surface area contributed by atoms with E-state index in [0.29, 0.717) is 33.1 Å². The van der Waals surface area contributed by atoms with E-state index in [0.717, 1.165) is 49.0 Å². The zero-order valence-electron chi connectivity index (χ0n) is 21.4. The van der Waals surface area contributed by atoms with E-state index in [1.54, 1.807) is 6.07 Å². The minimum atomic E-state index is -0.400. The third-order valence-corrected chi connectivity index (χ3v) is 8.67. The van der Waals surface area contributed by atoms with Crippen LogP contribution in [0.2, 0.25) is 5.02 Å². The van der Waals surface area contributed by atoms with Crippen LogP contribution in [0, 0.1) is 6.92 Å². The molecule has 1 aromatic carbocycles. The summed E-state index contributed by atoms with van der Waals surface area (Å²) in [5, 5.41) is 13.5. The number of ether oxygens (including phenoxy) is 2. The maximum atomic E-state index is 12.9. The second-order valence-corrected chi connectivity index (χ2v) is 11.3. The van der Waals surface area contributed by atoms with Gasteiger partial charge in [-0.3, -0.25) is 4.79 Å². The Hall–Kier alpha value is -2.56. The van der Waals surface area contributed by atoms with Crippen LogP contribution < -0.4 is 10.1 Å². The summed E-state index contributed by atoms with van der Waals surface area (Å²) in [6, 6.07) is 5.48. The number of esters is 1. The lowest BCUT2D eigenvalue weighted by Gasteiger charge is -2.17. The zero-order chi connectivity index (χ0) is 26.5. The molecular formula is C26H31ClN4O4S2. The van der Waals surface area contributed by atoms with Gasteiger partial charge in [-0.25, -0.2) is 4.79 Å². The molecule has 0 radical (unpaired) electrons. The van der Waals surface area contributed by atoms with E-state index in [9.17, 15) is 9.59 Å². The van der Waals surface area contributed by atoms with Crippen molar-refractivity contribution in [2.45, 2.75) is 70.7 Å². The smallest absolute Gasteiger partial charge is 0.341 e. The number of hydrogen-bond acceptors (Lipinski definition) is 8. The predicted molar refractivity (Wildman–Crippen MR) is 147 cm³/mol. The van der Waals surface area contributed by atoms with Gasteiger partial charge in [-0.1, -0.05) is 29.8 Å². The van der Waals surface area contributed by atoms with Gasteiger partial charge in [0, 0.05) is 16.4 Å². The van der Waals surface area contributed by atoms with E-state index in [-0.39, 0.29) is 17.8 Å². The van der Waals surface area contributed by atoms with Gasteiger partial charge in [0.1, 0.15) is 10.8 Å². The number of carbonyl (C=O) groups excluding carboxylic acids is 2. The molecular weight excluding hydrogens is 532 g/mol. The van der Waals surface area contributed by atoms with Crippen molar-refractivity contribution in [3.63, 3.8) is 0 Å². The fourth-order valence-electron chi connectivity index (χ4n) is 4.43. The van der Waals surface area contributed by atoms with Crippen molar-refractivity contribution >= 4 is 51.6 Å². The first-order chi connectivity index (χ1) is 17.8. The lowest BCUT2D eigenvalue weighted by atomic mass is 10.1. The Morgan fingerprint density at radius 2 is 2.03 bits per heavy atom. The van der Waals surface area contributed by atoms with Crippen LogP contribution in [0.15, 0.2) is 23.4 Å². The molecule has 0 fully saturated rings. The lowest BCUT2D eigenvalue weighted by molar-refractivity contribution is -0.113. The number of rotatable bonds is 9. The number of carbonyl (C=O) groups is 2. The zero-order valence-corrected chi connectivity index (χ0v) is 23.8. The van der Waals surface area contributed by atoms with Crippen LogP contribution in [0.25, 0.3) is 0 Å². The highest BCUT2D eigenvalue weighted by Gasteiger charge is 2.27. The summed E-state index contributed by atoms with van der Waals surface area (Å²) in [6.45, 7) is 6.48. The molecule has 0 spiro atoms. The van der Waals surface area contributed by atoms with Crippen LogP contribution in [0.5, 0.6) is 5.75 Å². The second kappa shape index (κ2) is 12.3. The highest BCUT2D eigenvalue weighted by atomic mass is 35.5. The minimum Gasteiger partial charge on any atom is -0.482 e. The lowest BCUT2D eigenvalue weighted by Crippen LogP contribution is -2.17. The van der Waals surface area contributed by atoms with Gasteiger partial charge in [-0.15, -0.1) is 21.5 Å². The predicted octanol–water partition coefficient (Wildman–Crippen LogP) is 6.25. The van der Waals surface area contributed by atoms with E-state index in [2.05, 4.69) is 15.5 Å². The summed E-state index contributed by atoms with van der Waals surface area (Å²) in [4.78, 5) is 26.6. The summed E-state index contributed by atoms with van der Waals surface area (Å²) in [7, 11) is 1.37. The molecule has 0 saturated carbocycles. The van der Waals surface area contributed by atoms with Gasteiger partial charge in [0.15, 0.2) is 17.1 Å². The summed E-state index contributed by atoms with van der Waals surface area (Å²) in [5.41, 5.74) is 2.47. The average Bonchev–Trinajstić information content (AvgIpc) is 3.36. The first-order valence-electron chi connectivity index (χ1n) is 12.3. The maximum absolute atomic E-state index is 12.9. The molecule has 0 saturated heterocycles. The molecule has 1 aliphatic carbocycles. The Labute approximate surface area is 230 Å². The van der Waals surface area contributed by atoms with Crippen molar-refractivity contribution in [3.05, 3.63) is 50.6 Å². The summed E-state index contributed by atoms with van der Waals surface area (Å²) in [5.74, 6) is 0.927. The van der Waals surface area contributed by atoms with Crippen molar-refractivity contribution < 1.29 is 19.1 Å². The second-order valence-electron chi connectivity index (χ2n) is 8.85. The van der Waals surface area contributed by atoms with Crippen molar-refractivity contribution in [1.82, 2.24) is 14.8 Å². The number of fused-ring (bicyclic) bond motifs is 1. The number of nitrogens with one attached hydrogen (secondary N) is 1. The number of amides is 1. The quantitative estimate of drug-likeness (QED) is 0.187. The SMILES string of the molecule is CCn1c(SCC(=O)Nc2sc3c(c2C(=O)OC)CCCCC3)nnc1C(C)Oc1ccc(Cl)cc1C. The number of thiophene rings is 1. The van der Waals surface area contributed by atoms with Crippen molar-refractivity contribution in [2.24, 2.45) is 0 Å². The molecule has 0 aliphatic heterocycles. The van der Waals surface area contributed by atoms with Gasteiger partial charge < -0.3 is 19.4 Å². The fraction of sp³-hybridized carbons (Fsp3) is 0.462. The van der Waals surface area contributed by atoms with Crippen molar-refractivity contribution in [3.8, 4) is 5.75 Å². The van der Waals surface area contributed by atoms with Crippen LogP contribution >= 0.6 is 34.7 Å². The van der Waals surface area contributed by atoms with E-state index >= 15 is 0 Å². The van der Waals surface area contributed by atoms with Gasteiger partial charge in [-0.2, -0.15) is 0 Å². The maximum Gasteiger partial charge on any atom is 0.341 e. The highest BCUT2D eigenvalue weighted by Crippen LogP contribution is 2.38. The molecule has 37 heavy (non-hydrogen) atoms. The minimum absolute atomic E-state index is 0.132. The molecule has 4 rings (SSSR count). The molecule has 2 aromatic heterocycles. The van der Waals surface area contributed by atoms with Crippen molar-refractivity contribution in [2.75, 3.05) is 18.2 Å². The van der Waals surface area contributed by atoms with Crippen LogP contribution in [0.4, 0.5) is 5.00 Å². The Bertz CT molecular complexity index is 1290. The van der Waals surface area contributed by atoms with Crippen LogP contribution in [-0.4, -0.2) is 39.5 Å². The molecule has 1 N–H and O–H groups in total. The molecule has 3 aromatic rings. The van der Waals surface area contributed by atoms with Crippen molar-refractivity contribution in [1.29, 1.82) is 0 Å². The molecule has 1 atom stereocenters. The first kappa shape index (κ1) is 27.5. The van der Waals surface area contributed by atoms with E-state index in [1.807, 2.05) is 37.5 Å². The normalized spacial score (nSPS) is 14.0. The molecule has 1 amide bonds. The Kier molecular flexibility index (Phi) is 9.15. The molecule has 2 heterocycles. The number of aryl methyl sites for hydroxylation is 2. The largest absolute Gasteiger partial charge is 0.482 e. The Morgan fingerprint density at radius 1 is 1.24 bits per heavy atom. The number of methoxy groups -OCH3 is 1. The standard InChI is InChI=1S/C26H31ClN4O4S2/c1-5-31-23(16(3)35-19-12-11-17(27)13-15(19)2)29-30-26(31)36-14-21(32)28-24-22(25(33)34-4)18-9-7-6-8-10-20(18)37-24/h11-13,16H,5-10,14H2,1-4H3,(H,28,32). The monoisotopic (exact) mass is 562 g/mol. The van der Waals surface area contributed by atoms with Gasteiger partial charge in [-0.05, 0) is 75.8 Å². The molecule has 1 unspecified atom stereocenters. The van der Waals surface area contributed by atoms with Crippen LogP contribution in [0.3, 0.4) is 0 Å². The number of nitrogens with zero attached hydrogens (tertiary/aromatic N) is 3. The van der Waals surface area contributed by atoms with E-state index in [1.165, 1.54) is 35.1 Å². The number of hydrogen-bond donors (Lipinski definition) is 1. The number of aromatic nitrogens is 3. The Balaban J connectivity index is 1.44. The molecule has 0 bridgehead atoms. The van der Waals surface area contributed by atoms with E-state index < -0.39 is 5.97 Å². The molecule has 1 aliphatic rings. The third-order valence-electron chi connectivity index (χ3n) is 6.26. The number of anilines is 1. The van der Waals surface area contributed by atoms with E-state index in [4.69, 9.17) is 21.1 Å². The summed E-state index contributed by atoms with van der Waals surface area (Å²) >= 11 is 8.84. The molecule has 8 nitrogen and oxygen atoms in total.